The first-order valence-corrected chi connectivity index (χ1v) is 4.27. The average Bonchev–Trinajstić information content (AvgIpc) is 2.17. The molecule has 0 fully saturated rings. The number of amides is 1. The van der Waals surface area contributed by atoms with Crippen molar-refractivity contribution in [2.45, 2.75) is 6.92 Å². The molecule has 1 amide bonds. The van der Waals surface area contributed by atoms with Crippen molar-refractivity contribution in [1.82, 2.24) is 9.80 Å². The van der Waals surface area contributed by atoms with Gasteiger partial charge in [-0.15, -0.1) is 0 Å². The second kappa shape index (κ2) is 4.48. The molecule has 5 heteroatoms. The molecule has 14 heavy (non-hydrogen) atoms. The van der Waals surface area contributed by atoms with Gasteiger partial charge in [-0.05, 0) is 6.92 Å². The highest BCUT2D eigenvalue weighted by molar-refractivity contribution is 5.75. The lowest BCUT2D eigenvalue weighted by Gasteiger charge is -2.26. The summed E-state index contributed by atoms with van der Waals surface area (Å²) in [4.78, 5) is 24.8. The molecule has 0 bridgehead atoms. The van der Waals surface area contributed by atoms with E-state index in [9.17, 15) is 9.59 Å². The number of likely N-dealkylation sites (N-methyl/N-ethyl adjacent to an activating group) is 1. The van der Waals surface area contributed by atoms with E-state index in [2.05, 4.69) is 0 Å². The van der Waals surface area contributed by atoms with Crippen LogP contribution in [0.3, 0.4) is 0 Å². The van der Waals surface area contributed by atoms with Crippen LogP contribution in [-0.4, -0.2) is 42.0 Å². The van der Waals surface area contributed by atoms with Gasteiger partial charge in [0.05, 0.1) is 13.2 Å². The molecular weight excluding hydrogens is 184 g/mol. The first kappa shape index (κ1) is 10.3. The number of carbonyl (C=O) groups excluding carboxylic acids is 2. The van der Waals surface area contributed by atoms with Gasteiger partial charge in [-0.2, -0.15) is 0 Å². The lowest BCUT2D eigenvalue weighted by Crippen LogP contribution is -2.35. The van der Waals surface area contributed by atoms with Crippen molar-refractivity contribution < 1.29 is 14.3 Å². The summed E-state index contributed by atoms with van der Waals surface area (Å²) in [7, 11) is 1.80. The predicted molar refractivity (Wildman–Crippen MR) is 49.8 cm³/mol. The summed E-state index contributed by atoms with van der Waals surface area (Å²) in [6.45, 7) is 2.35. The van der Waals surface area contributed by atoms with Gasteiger partial charge in [-0.3, -0.25) is 0 Å². The van der Waals surface area contributed by atoms with Gasteiger partial charge in [0.2, 0.25) is 0 Å². The Balaban J connectivity index is 2.81. The normalized spacial score (nSPS) is 15.4. The van der Waals surface area contributed by atoms with Crippen LogP contribution in [0.25, 0.3) is 0 Å². The number of rotatable bonds is 1. The molecule has 1 heterocycles. The highest BCUT2D eigenvalue weighted by atomic mass is 16.6. The van der Waals surface area contributed by atoms with E-state index in [0.29, 0.717) is 6.54 Å². The van der Waals surface area contributed by atoms with E-state index < -0.39 is 6.09 Å². The molecule has 5 nitrogen and oxygen atoms in total. The maximum atomic E-state index is 11.3. The van der Waals surface area contributed by atoms with Gasteiger partial charge in [0.25, 0.3) is 0 Å². The largest absolute Gasteiger partial charge is 0.449 e. The highest BCUT2D eigenvalue weighted by Crippen LogP contribution is 2.11. The van der Waals surface area contributed by atoms with Gasteiger partial charge >= 0.3 is 6.09 Å². The summed E-state index contributed by atoms with van der Waals surface area (Å²) in [6.07, 6.45) is 2.63. The zero-order chi connectivity index (χ0) is 10.6. The molecule has 0 saturated heterocycles. The third-order valence-electron chi connectivity index (χ3n) is 1.74. The van der Waals surface area contributed by atoms with Crippen LogP contribution in [0.2, 0.25) is 0 Å². The van der Waals surface area contributed by atoms with Gasteiger partial charge in [0.1, 0.15) is 11.6 Å². The molecule has 0 N–H and O–H groups in total. The van der Waals surface area contributed by atoms with Crippen LogP contribution in [0.1, 0.15) is 6.92 Å². The second-order valence-corrected chi connectivity index (χ2v) is 2.83. The van der Waals surface area contributed by atoms with E-state index >= 15 is 0 Å². The monoisotopic (exact) mass is 196 g/mol. The van der Waals surface area contributed by atoms with E-state index in [0.717, 1.165) is 4.90 Å². The summed E-state index contributed by atoms with van der Waals surface area (Å²) >= 11 is 0. The Bertz CT molecular complexity index is 305. The Hall–Kier alpha value is -1.74. The molecular formula is C9H12N2O3. The van der Waals surface area contributed by atoms with Crippen LogP contribution in [-0.2, 0) is 9.53 Å². The van der Waals surface area contributed by atoms with Crippen LogP contribution in [0.5, 0.6) is 0 Å². The van der Waals surface area contributed by atoms with Gasteiger partial charge < -0.3 is 9.64 Å². The highest BCUT2D eigenvalue weighted by Gasteiger charge is 2.21. The molecule has 0 aliphatic carbocycles. The van der Waals surface area contributed by atoms with Gasteiger partial charge in [-0.25, -0.2) is 14.5 Å². The fraction of sp³-hybridized carbons (Fsp3) is 0.444. The first-order valence-electron chi connectivity index (χ1n) is 4.27. The molecule has 76 valence electrons. The summed E-state index contributed by atoms with van der Waals surface area (Å²) in [6, 6.07) is 0. The predicted octanol–water partition coefficient (Wildman–Crippen LogP) is 0.577. The third-order valence-corrected chi connectivity index (χ3v) is 1.74. The van der Waals surface area contributed by atoms with E-state index in [1.807, 2.05) is 0 Å². The Morgan fingerprint density at radius 3 is 2.93 bits per heavy atom. The maximum absolute atomic E-state index is 11.3. The van der Waals surface area contributed by atoms with Gasteiger partial charge in [0, 0.05) is 19.4 Å². The number of hydrogen-bond acceptors (Lipinski definition) is 4. The molecule has 0 aromatic rings. The molecule has 0 aromatic carbocycles. The van der Waals surface area contributed by atoms with Crippen molar-refractivity contribution in [1.29, 1.82) is 0 Å². The standard InChI is InChI=1S/C9H12N2O3/c1-3-14-9(13)11-5-4-10(2)6-8(11)7-12/h4-5H,3,6H2,1-2H3. The van der Waals surface area contributed by atoms with Gasteiger partial charge in [0.15, 0.2) is 0 Å². The Labute approximate surface area is 82.2 Å². The van der Waals surface area contributed by atoms with E-state index in [-0.39, 0.29) is 12.3 Å². The van der Waals surface area contributed by atoms with Crippen LogP contribution in [0, 0.1) is 0 Å². The van der Waals surface area contributed by atoms with Crippen LogP contribution < -0.4 is 0 Å². The lowest BCUT2D eigenvalue weighted by atomic mass is 10.3. The van der Waals surface area contributed by atoms with Crippen LogP contribution in [0.15, 0.2) is 18.1 Å². The quantitative estimate of drug-likeness (QED) is 0.575. The molecule has 0 atom stereocenters. The first-order chi connectivity index (χ1) is 6.69. The summed E-state index contributed by atoms with van der Waals surface area (Å²) in [5.74, 6) is 1.72. The summed E-state index contributed by atoms with van der Waals surface area (Å²) in [5, 5.41) is 0. The molecule has 1 aliphatic heterocycles. The van der Waals surface area contributed by atoms with Crippen molar-refractivity contribution in [3.8, 4) is 0 Å². The SMILES string of the molecule is CCOC(=O)N1C=CN(C)CC1=C=O. The number of hydrogen-bond donors (Lipinski definition) is 0. The Kier molecular flexibility index (Phi) is 3.31. The molecule has 0 aromatic heterocycles. The molecule has 0 spiro atoms. The summed E-state index contributed by atoms with van der Waals surface area (Å²) < 4.78 is 4.77. The second-order valence-electron chi connectivity index (χ2n) is 2.83. The van der Waals surface area contributed by atoms with Crippen molar-refractivity contribution in [2.75, 3.05) is 20.2 Å². The zero-order valence-corrected chi connectivity index (χ0v) is 8.19. The minimum Gasteiger partial charge on any atom is -0.449 e. The minimum absolute atomic E-state index is 0.258. The minimum atomic E-state index is -0.546. The van der Waals surface area contributed by atoms with E-state index in [1.165, 1.54) is 6.20 Å². The Morgan fingerprint density at radius 2 is 2.36 bits per heavy atom. The summed E-state index contributed by atoms with van der Waals surface area (Å²) in [5.41, 5.74) is 0.258. The number of nitrogens with zero attached hydrogens (tertiary/aromatic N) is 2. The zero-order valence-electron chi connectivity index (χ0n) is 8.19. The van der Waals surface area contributed by atoms with Crippen LogP contribution >= 0.6 is 0 Å². The maximum Gasteiger partial charge on any atom is 0.418 e. The van der Waals surface area contributed by atoms with Crippen molar-refractivity contribution in [3.63, 3.8) is 0 Å². The van der Waals surface area contributed by atoms with Gasteiger partial charge in [-0.1, -0.05) is 0 Å². The average molecular weight is 196 g/mol. The number of carbonyl (C=O) groups is 1. The van der Waals surface area contributed by atoms with Crippen molar-refractivity contribution >= 4 is 12.0 Å². The van der Waals surface area contributed by atoms with E-state index in [4.69, 9.17) is 4.74 Å². The molecule has 0 radical (unpaired) electrons. The molecule has 0 unspecified atom stereocenters. The fourth-order valence-electron chi connectivity index (χ4n) is 1.08. The molecule has 1 aliphatic rings. The fourth-order valence-corrected chi connectivity index (χ4v) is 1.08. The Morgan fingerprint density at radius 1 is 1.64 bits per heavy atom. The molecule has 1 rings (SSSR count). The van der Waals surface area contributed by atoms with E-state index in [1.54, 1.807) is 31.0 Å². The topological polar surface area (TPSA) is 49.9 Å². The van der Waals surface area contributed by atoms with Crippen molar-refractivity contribution in [2.24, 2.45) is 0 Å². The number of ether oxygens (including phenoxy) is 1. The smallest absolute Gasteiger partial charge is 0.418 e. The lowest BCUT2D eigenvalue weighted by molar-refractivity contribution is 0.127. The van der Waals surface area contributed by atoms with Crippen LogP contribution in [0.4, 0.5) is 4.79 Å². The molecule has 0 saturated carbocycles. The van der Waals surface area contributed by atoms with Crippen molar-refractivity contribution in [3.05, 3.63) is 18.1 Å². The third kappa shape index (κ3) is 2.14.